The van der Waals surface area contributed by atoms with Gasteiger partial charge in [0.2, 0.25) is 0 Å². The number of nitrogens with zero attached hydrogens (tertiary/aromatic N) is 1. The molecule has 0 aliphatic heterocycles. The molecule has 0 fully saturated rings. The lowest BCUT2D eigenvalue weighted by Crippen LogP contribution is -2.02. The normalized spacial score (nSPS) is 10.8. The van der Waals surface area contributed by atoms with Gasteiger partial charge in [-0.25, -0.2) is 4.39 Å². The predicted molar refractivity (Wildman–Crippen MR) is 99.8 cm³/mol. The zero-order chi connectivity index (χ0) is 17.5. The average Bonchev–Trinajstić information content (AvgIpc) is 2.63. The third kappa shape index (κ3) is 4.58. The summed E-state index contributed by atoms with van der Waals surface area (Å²) in [5.74, 6) is 0.213. The minimum atomic E-state index is -0.385. The number of nitrogens with one attached hydrogen (secondary N) is 1. The number of benzene rings is 3. The molecule has 0 radical (unpaired) electrons. The second-order valence-electron chi connectivity index (χ2n) is 5.26. The maximum Gasteiger partial charge on any atom is 0.131 e. The van der Waals surface area contributed by atoms with Gasteiger partial charge < -0.3 is 4.74 Å². The van der Waals surface area contributed by atoms with Crippen molar-refractivity contribution in [2.45, 2.75) is 6.61 Å². The van der Waals surface area contributed by atoms with Crippen LogP contribution in [0.15, 0.2) is 77.9 Å². The number of rotatable bonds is 6. The number of hydrogen-bond donors (Lipinski definition) is 1. The molecular weight excluding hydrogens is 339 g/mol. The molecular formula is C20H16ClFN2O. The van der Waals surface area contributed by atoms with Crippen molar-refractivity contribution >= 4 is 23.5 Å². The number of para-hydroxylation sites is 2. The molecule has 126 valence electrons. The van der Waals surface area contributed by atoms with Crippen LogP contribution >= 0.6 is 11.6 Å². The van der Waals surface area contributed by atoms with Gasteiger partial charge in [-0.05, 0) is 36.4 Å². The first-order chi connectivity index (χ1) is 12.2. The van der Waals surface area contributed by atoms with Gasteiger partial charge in [-0.2, -0.15) is 5.10 Å². The molecule has 0 atom stereocenters. The lowest BCUT2D eigenvalue weighted by molar-refractivity contribution is 0.299. The first-order valence-corrected chi connectivity index (χ1v) is 8.10. The molecule has 0 unspecified atom stereocenters. The molecule has 0 heterocycles. The SMILES string of the molecule is Fc1cccc(Cl)c1COc1ccccc1C=NNc1ccccc1. The second-order valence-corrected chi connectivity index (χ2v) is 5.67. The Kier molecular flexibility index (Phi) is 5.65. The molecule has 5 heteroatoms. The van der Waals surface area contributed by atoms with Crippen LogP contribution in [-0.2, 0) is 6.61 Å². The Morgan fingerprint density at radius 3 is 2.52 bits per heavy atom. The van der Waals surface area contributed by atoms with Crippen LogP contribution in [0.2, 0.25) is 5.02 Å². The summed E-state index contributed by atoms with van der Waals surface area (Å²) >= 11 is 6.03. The summed E-state index contributed by atoms with van der Waals surface area (Å²) in [6, 6.07) is 21.6. The summed E-state index contributed by atoms with van der Waals surface area (Å²) in [6.45, 7) is 0.0441. The van der Waals surface area contributed by atoms with Gasteiger partial charge in [-0.3, -0.25) is 5.43 Å². The minimum absolute atomic E-state index is 0.0441. The summed E-state index contributed by atoms with van der Waals surface area (Å²) in [5.41, 5.74) is 4.94. The fourth-order valence-corrected chi connectivity index (χ4v) is 2.45. The van der Waals surface area contributed by atoms with E-state index in [-0.39, 0.29) is 12.4 Å². The molecule has 0 amide bonds. The third-order valence-electron chi connectivity index (χ3n) is 3.52. The Labute approximate surface area is 150 Å². The summed E-state index contributed by atoms with van der Waals surface area (Å²) < 4.78 is 19.6. The highest BCUT2D eigenvalue weighted by Gasteiger charge is 2.09. The molecule has 0 saturated heterocycles. The smallest absolute Gasteiger partial charge is 0.131 e. The van der Waals surface area contributed by atoms with Gasteiger partial charge in [0.15, 0.2) is 0 Å². The van der Waals surface area contributed by atoms with Gasteiger partial charge in [0.1, 0.15) is 18.2 Å². The van der Waals surface area contributed by atoms with E-state index in [1.54, 1.807) is 24.4 Å². The Bertz CT molecular complexity index is 848. The van der Waals surface area contributed by atoms with Crippen molar-refractivity contribution in [3.8, 4) is 5.75 Å². The van der Waals surface area contributed by atoms with Gasteiger partial charge >= 0.3 is 0 Å². The van der Waals surface area contributed by atoms with Gasteiger partial charge in [0.25, 0.3) is 0 Å². The Morgan fingerprint density at radius 2 is 1.72 bits per heavy atom. The van der Waals surface area contributed by atoms with Crippen LogP contribution in [0.25, 0.3) is 0 Å². The van der Waals surface area contributed by atoms with Crippen LogP contribution in [0.4, 0.5) is 10.1 Å². The van der Waals surface area contributed by atoms with Crippen LogP contribution in [-0.4, -0.2) is 6.21 Å². The fraction of sp³-hybridized carbons (Fsp3) is 0.0500. The minimum Gasteiger partial charge on any atom is -0.488 e. The van der Waals surface area contributed by atoms with Crippen molar-refractivity contribution in [3.05, 3.63) is 94.8 Å². The first-order valence-electron chi connectivity index (χ1n) is 7.73. The standard InChI is InChI=1S/C20H16ClFN2O/c21-18-10-6-11-19(22)17(18)14-25-20-12-5-4-7-15(20)13-23-24-16-8-2-1-3-9-16/h1-13,24H,14H2. The van der Waals surface area contributed by atoms with E-state index in [2.05, 4.69) is 10.5 Å². The van der Waals surface area contributed by atoms with E-state index in [0.29, 0.717) is 16.3 Å². The van der Waals surface area contributed by atoms with Crippen molar-refractivity contribution in [2.24, 2.45) is 5.10 Å². The van der Waals surface area contributed by atoms with Crippen LogP contribution < -0.4 is 10.2 Å². The predicted octanol–water partition coefficient (Wildman–Crippen LogP) is 5.50. The van der Waals surface area contributed by atoms with Crippen molar-refractivity contribution in [1.29, 1.82) is 0 Å². The third-order valence-corrected chi connectivity index (χ3v) is 3.88. The van der Waals surface area contributed by atoms with E-state index in [9.17, 15) is 4.39 Å². The van der Waals surface area contributed by atoms with Crippen molar-refractivity contribution < 1.29 is 9.13 Å². The Hall–Kier alpha value is -2.85. The monoisotopic (exact) mass is 354 g/mol. The fourth-order valence-electron chi connectivity index (χ4n) is 2.23. The molecule has 25 heavy (non-hydrogen) atoms. The maximum absolute atomic E-state index is 13.8. The molecule has 0 saturated carbocycles. The molecule has 3 nitrogen and oxygen atoms in total. The lowest BCUT2D eigenvalue weighted by atomic mass is 10.2. The van der Waals surface area contributed by atoms with Crippen molar-refractivity contribution in [2.75, 3.05) is 5.43 Å². The molecule has 1 N–H and O–H groups in total. The van der Waals surface area contributed by atoms with E-state index in [1.807, 2.05) is 48.5 Å². The average molecular weight is 355 g/mol. The summed E-state index contributed by atoms with van der Waals surface area (Å²) in [6.07, 6.45) is 1.66. The number of hydrogen-bond acceptors (Lipinski definition) is 3. The quantitative estimate of drug-likeness (QED) is 0.468. The van der Waals surface area contributed by atoms with Gasteiger partial charge in [-0.1, -0.05) is 48.0 Å². The molecule has 0 aromatic heterocycles. The van der Waals surface area contributed by atoms with Gasteiger partial charge in [0.05, 0.1) is 16.9 Å². The summed E-state index contributed by atoms with van der Waals surface area (Å²) in [7, 11) is 0. The number of anilines is 1. The zero-order valence-electron chi connectivity index (χ0n) is 13.3. The molecule has 0 aliphatic carbocycles. The summed E-state index contributed by atoms with van der Waals surface area (Å²) in [5, 5.41) is 4.55. The lowest BCUT2D eigenvalue weighted by Gasteiger charge is -2.10. The second kappa shape index (κ2) is 8.31. The van der Waals surface area contributed by atoms with Crippen molar-refractivity contribution in [1.82, 2.24) is 0 Å². The molecule has 3 rings (SSSR count). The summed E-state index contributed by atoms with van der Waals surface area (Å²) in [4.78, 5) is 0. The highest BCUT2D eigenvalue weighted by atomic mass is 35.5. The van der Waals surface area contributed by atoms with E-state index in [0.717, 1.165) is 11.3 Å². The zero-order valence-corrected chi connectivity index (χ0v) is 14.1. The Morgan fingerprint density at radius 1 is 0.960 bits per heavy atom. The number of hydrazone groups is 1. The Balaban J connectivity index is 1.70. The largest absolute Gasteiger partial charge is 0.488 e. The topological polar surface area (TPSA) is 33.6 Å². The van der Waals surface area contributed by atoms with E-state index < -0.39 is 0 Å². The highest BCUT2D eigenvalue weighted by molar-refractivity contribution is 6.31. The van der Waals surface area contributed by atoms with E-state index in [4.69, 9.17) is 16.3 Å². The van der Waals surface area contributed by atoms with Crippen LogP contribution in [0, 0.1) is 5.82 Å². The molecule has 0 spiro atoms. The molecule has 3 aromatic rings. The first kappa shape index (κ1) is 17.0. The number of ether oxygens (including phenoxy) is 1. The number of halogens is 2. The van der Waals surface area contributed by atoms with Gasteiger partial charge in [0, 0.05) is 11.1 Å². The molecule has 0 bridgehead atoms. The highest BCUT2D eigenvalue weighted by Crippen LogP contribution is 2.23. The van der Waals surface area contributed by atoms with Crippen molar-refractivity contribution in [3.63, 3.8) is 0 Å². The molecule has 0 aliphatic rings. The maximum atomic E-state index is 13.8. The van der Waals surface area contributed by atoms with Gasteiger partial charge in [-0.15, -0.1) is 0 Å². The van der Waals surface area contributed by atoms with Crippen LogP contribution in [0.1, 0.15) is 11.1 Å². The van der Waals surface area contributed by atoms with Crippen LogP contribution in [0.5, 0.6) is 5.75 Å². The van der Waals surface area contributed by atoms with E-state index >= 15 is 0 Å². The molecule has 3 aromatic carbocycles. The van der Waals surface area contributed by atoms with E-state index in [1.165, 1.54) is 6.07 Å². The van der Waals surface area contributed by atoms with Crippen LogP contribution in [0.3, 0.4) is 0 Å².